The number of aliphatic hydroxyl groups is 1. The third-order valence-corrected chi connectivity index (χ3v) is 1.94. The maximum absolute atomic E-state index is 11.0. The normalized spacial score (nSPS) is 18.8. The van der Waals surface area contributed by atoms with Crippen molar-refractivity contribution in [1.29, 1.82) is 0 Å². The Bertz CT molecular complexity index is 180. The van der Waals surface area contributed by atoms with Gasteiger partial charge in [-0.15, -0.1) is 0 Å². The Kier molecular flexibility index (Phi) is 2.22. The van der Waals surface area contributed by atoms with Crippen LogP contribution in [0.3, 0.4) is 0 Å². The van der Waals surface area contributed by atoms with Crippen LogP contribution in [0.15, 0.2) is 11.1 Å². The molecule has 0 unspecified atom stereocenters. The first-order chi connectivity index (χ1) is 4.75. The van der Waals surface area contributed by atoms with Crippen LogP contribution < -0.4 is 0 Å². The van der Waals surface area contributed by atoms with Crippen LogP contribution in [0.4, 0.5) is 0 Å². The molecule has 2 nitrogen and oxygen atoms in total. The van der Waals surface area contributed by atoms with Gasteiger partial charge < -0.3 is 5.11 Å². The minimum Gasteiger partial charge on any atom is -0.396 e. The molecular formula is C8H12O2. The molecule has 1 aliphatic carbocycles. The van der Waals surface area contributed by atoms with Crippen molar-refractivity contribution in [3.05, 3.63) is 11.1 Å². The molecule has 0 aliphatic heterocycles. The Balaban J connectivity index is 2.68. The molecule has 10 heavy (non-hydrogen) atoms. The van der Waals surface area contributed by atoms with Gasteiger partial charge in [0.25, 0.3) is 0 Å². The predicted molar refractivity (Wildman–Crippen MR) is 38.6 cm³/mol. The molecule has 0 radical (unpaired) electrons. The second-order valence-electron chi connectivity index (χ2n) is 2.66. The lowest BCUT2D eigenvalue weighted by Gasteiger charge is -1.96. The molecule has 0 saturated heterocycles. The van der Waals surface area contributed by atoms with E-state index in [0.29, 0.717) is 12.8 Å². The van der Waals surface area contributed by atoms with Gasteiger partial charge in [-0.25, -0.2) is 0 Å². The molecule has 1 rings (SSSR count). The van der Waals surface area contributed by atoms with E-state index in [1.54, 1.807) is 0 Å². The van der Waals surface area contributed by atoms with Crippen LogP contribution in [0.25, 0.3) is 0 Å². The lowest BCUT2D eigenvalue weighted by molar-refractivity contribution is -0.115. The number of hydrogen-bond donors (Lipinski definition) is 1. The van der Waals surface area contributed by atoms with Crippen molar-refractivity contribution in [3.63, 3.8) is 0 Å². The average molecular weight is 140 g/mol. The Morgan fingerprint density at radius 3 is 2.60 bits per heavy atom. The van der Waals surface area contributed by atoms with Crippen LogP contribution in [0, 0.1) is 0 Å². The summed E-state index contributed by atoms with van der Waals surface area (Å²) in [5.74, 6) is 0.228. The van der Waals surface area contributed by atoms with Crippen LogP contribution in [-0.4, -0.2) is 17.5 Å². The predicted octanol–water partition coefficient (Wildman–Crippen LogP) is 1.05. The van der Waals surface area contributed by atoms with Crippen molar-refractivity contribution in [2.75, 3.05) is 6.61 Å². The average Bonchev–Trinajstić information content (AvgIpc) is 2.20. The van der Waals surface area contributed by atoms with Gasteiger partial charge in [0.15, 0.2) is 5.78 Å². The van der Waals surface area contributed by atoms with Crippen molar-refractivity contribution in [2.45, 2.75) is 26.2 Å². The summed E-state index contributed by atoms with van der Waals surface area (Å²) in [7, 11) is 0. The molecule has 0 spiro atoms. The molecule has 0 atom stereocenters. The Hall–Kier alpha value is -0.630. The van der Waals surface area contributed by atoms with Gasteiger partial charge in [0.2, 0.25) is 0 Å². The Morgan fingerprint density at radius 2 is 2.20 bits per heavy atom. The molecule has 0 amide bonds. The van der Waals surface area contributed by atoms with E-state index in [0.717, 1.165) is 12.0 Å². The largest absolute Gasteiger partial charge is 0.396 e. The molecule has 0 aromatic rings. The third-order valence-electron chi connectivity index (χ3n) is 1.94. The monoisotopic (exact) mass is 140 g/mol. The maximum atomic E-state index is 11.0. The minimum atomic E-state index is 0.0956. The number of hydrogen-bond acceptors (Lipinski definition) is 2. The summed E-state index contributed by atoms with van der Waals surface area (Å²) in [6, 6.07) is 0. The van der Waals surface area contributed by atoms with E-state index >= 15 is 0 Å². The van der Waals surface area contributed by atoms with Crippen LogP contribution in [-0.2, 0) is 4.79 Å². The van der Waals surface area contributed by atoms with Crippen molar-refractivity contribution in [1.82, 2.24) is 0 Å². The van der Waals surface area contributed by atoms with E-state index in [1.807, 2.05) is 6.92 Å². The molecule has 2 heteroatoms. The van der Waals surface area contributed by atoms with Crippen molar-refractivity contribution in [3.8, 4) is 0 Å². The highest BCUT2D eigenvalue weighted by molar-refractivity contribution is 5.98. The summed E-state index contributed by atoms with van der Waals surface area (Å²) in [5, 5.41) is 8.58. The second-order valence-corrected chi connectivity index (χ2v) is 2.66. The fourth-order valence-corrected chi connectivity index (χ4v) is 1.31. The van der Waals surface area contributed by atoms with Crippen LogP contribution in [0.2, 0.25) is 0 Å². The first kappa shape index (κ1) is 7.48. The van der Waals surface area contributed by atoms with Gasteiger partial charge in [-0.2, -0.15) is 0 Å². The van der Waals surface area contributed by atoms with E-state index in [-0.39, 0.29) is 12.4 Å². The highest BCUT2D eigenvalue weighted by atomic mass is 16.3. The number of aliphatic hydroxyl groups excluding tert-OH is 1. The molecule has 1 aliphatic rings. The van der Waals surface area contributed by atoms with E-state index in [4.69, 9.17) is 5.11 Å². The zero-order valence-corrected chi connectivity index (χ0v) is 6.18. The van der Waals surface area contributed by atoms with Crippen LogP contribution in [0.5, 0.6) is 0 Å². The number of allylic oxidation sites excluding steroid dienone is 1. The number of carbonyl (C=O) groups excluding carboxylic acids is 1. The lowest BCUT2D eigenvalue weighted by atomic mass is 10.1. The van der Waals surface area contributed by atoms with Gasteiger partial charge >= 0.3 is 0 Å². The molecule has 1 N–H and O–H groups in total. The molecule has 56 valence electrons. The van der Waals surface area contributed by atoms with Crippen molar-refractivity contribution in [2.24, 2.45) is 0 Å². The molecular weight excluding hydrogens is 128 g/mol. The summed E-state index contributed by atoms with van der Waals surface area (Å²) < 4.78 is 0. The standard InChI is InChI=1S/C8H12O2/c1-6-2-3-8(10)7(6)4-5-9/h9H,2-5H2,1H3. The summed E-state index contributed by atoms with van der Waals surface area (Å²) in [6.07, 6.45) is 2.10. The molecule has 0 saturated carbocycles. The summed E-state index contributed by atoms with van der Waals surface area (Å²) in [4.78, 5) is 11.0. The van der Waals surface area contributed by atoms with E-state index in [1.165, 1.54) is 5.57 Å². The topological polar surface area (TPSA) is 37.3 Å². The quantitative estimate of drug-likeness (QED) is 0.622. The minimum absolute atomic E-state index is 0.0956. The lowest BCUT2D eigenvalue weighted by Crippen LogP contribution is -1.98. The number of rotatable bonds is 2. The van der Waals surface area contributed by atoms with Gasteiger partial charge in [-0.1, -0.05) is 5.57 Å². The second kappa shape index (κ2) is 2.97. The first-order valence-corrected chi connectivity index (χ1v) is 3.58. The zero-order chi connectivity index (χ0) is 7.56. The van der Waals surface area contributed by atoms with E-state index in [9.17, 15) is 4.79 Å². The third kappa shape index (κ3) is 1.27. The van der Waals surface area contributed by atoms with E-state index < -0.39 is 0 Å². The molecule has 0 aromatic carbocycles. The van der Waals surface area contributed by atoms with Crippen molar-refractivity contribution < 1.29 is 9.90 Å². The SMILES string of the molecule is CC1=C(CCO)C(=O)CC1. The smallest absolute Gasteiger partial charge is 0.159 e. The summed E-state index contributed by atoms with van der Waals surface area (Å²) >= 11 is 0. The Labute approximate surface area is 60.6 Å². The Morgan fingerprint density at radius 1 is 1.50 bits per heavy atom. The molecule has 0 aromatic heterocycles. The van der Waals surface area contributed by atoms with Crippen LogP contribution >= 0.6 is 0 Å². The zero-order valence-electron chi connectivity index (χ0n) is 6.18. The highest BCUT2D eigenvalue weighted by Gasteiger charge is 2.18. The van der Waals surface area contributed by atoms with E-state index in [2.05, 4.69) is 0 Å². The van der Waals surface area contributed by atoms with Gasteiger partial charge in [-0.05, 0) is 25.3 Å². The molecule has 0 bridgehead atoms. The molecule has 0 fully saturated rings. The highest BCUT2D eigenvalue weighted by Crippen LogP contribution is 2.23. The number of Topliss-reactive ketones (excluding diaryl/α,β-unsaturated/α-hetero) is 1. The maximum Gasteiger partial charge on any atom is 0.159 e. The van der Waals surface area contributed by atoms with Gasteiger partial charge in [0.05, 0.1) is 0 Å². The fourth-order valence-electron chi connectivity index (χ4n) is 1.31. The summed E-state index contributed by atoms with van der Waals surface area (Å²) in [5.41, 5.74) is 2.03. The number of carbonyl (C=O) groups is 1. The van der Waals surface area contributed by atoms with Crippen molar-refractivity contribution >= 4 is 5.78 Å². The number of ketones is 1. The molecule has 0 heterocycles. The first-order valence-electron chi connectivity index (χ1n) is 3.58. The van der Waals surface area contributed by atoms with Gasteiger partial charge in [0.1, 0.15) is 0 Å². The van der Waals surface area contributed by atoms with Crippen LogP contribution in [0.1, 0.15) is 26.2 Å². The van der Waals surface area contributed by atoms with Gasteiger partial charge in [0, 0.05) is 13.0 Å². The fraction of sp³-hybridized carbons (Fsp3) is 0.625. The summed E-state index contributed by atoms with van der Waals surface area (Å²) in [6.45, 7) is 2.06. The van der Waals surface area contributed by atoms with Gasteiger partial charge in [-0.3, -0.25) is 4.79 Å².